The molecule has 0 radical (unpaired) electrons. The van der Waals surface area contributed by atoms with Crippen LogP contribution in [-0.4, -0.2) is 12.6 Å². The molecule has 0 saturated carbocycles. The van der Waals surface area contributed by atoms with Crippen LogP contribution in [0.4, 0.5) is 0 Å². The van der Waals surface area contributed by atoms with E-state index in [0.717, 1.165) is 24.8 Å². The Balaban J connectivity index is 2.55. The second kappa shape index (κ2) is 9.66. The van der Waals surface area contributed by atoms with Gasteiger partial charge in [-0.15, -0.1) is 0 Å². The summed E-state index contributed by atoms with van der Waals surface area (Å²) in [5.41, 5.74) is 5.59. The van der Waals surface area contributed by atoms with Gasteiger partial charge in [-0.05, 0) is 77.7 Å². The molecule has 2 heteroatoms. The lowest BCUT2D eigenvalue weighted by Crippen LogP contribution is -2.05. The molecule has 1 atom stereocenters. The van der Waals surface area contributed by atoms with Crippen molar-refractivity contribution >= 4 is 5.97 Å². The Morgan fingerprint density at radius 3 is 2.68 bits per heavy atom. The van der Waals surface area contributed by atoms with Crippen molar-refractivity contribution in [2.24, 2.45) is 5.92 Å². The predicted molar refractivity (Wildman–Crippen MR) is 93.7 cm³/mol. The van der Waals surface area contributed by atoms with Crippen LogP contribution in [0.3, 0.4) is 0 Å². The van der Waals surface area contributed by atoms with Crippen molar-refractivity contribution in [1.29, 1.82) is 0 Å². The Bertz CT molecular complexity index is 462. The van der Waals surface area contributed by atoms with Crippen LogP contribution in [-0.2, 0) is 9.53 Å². The summed E-state index contributed by atoms with van der Waals surface area (Å²) in [6.07, 6.45) is 10.8. The van der Waals surface area contributed by atoms with E-state index in [9.17, 15) is 4.79 Å². The number of carbonyl (C=O) groups excluding carboxylic acids is 1. The van der Waals surface area contributed by atoms with Crippen LogP contribution in [0, 0.1) is 5.92 Å². The molecule has 0 amide bonds. The minimum absolute atomic E-state index is 0.206. The SMILES string of the molecule is CCOC(=O)/C=C1/C=C(CC(C)CCC(C)=C(C)C)CCC1. The van der Waals surface area contributed by atoms with Crippen molar-refractivity contribution in [1.82, 2.24) is 0 Å². The molecule has 2 nitrogen and oxygen atoms in total. The van der Waals surface area contributed by atoms with E-state index < -0.39 is 0 Å². The number of hydrogen-bond acceptors (Lipinski definition) is 2. The number of hydrogen-bond donors (Lipinski definition) is 0. The molecule has 0 heterocycles. The Kier molecular flexibility index (Phi) is 8.22. The highest BCUT2D eigenvalue weighted by Gasteiger charge is 2.12. The summed E-state index contributed by atoms with van der Waals surface area (Å²) in [7, 11) is 0. The molecule has 1 aliphatic rings. The summed E-state index contributed by atoms with van der Waals surface area (Å²) in [5.74, 6) is 0.490. The second-order valence-corrected chi connectivity index (χ2v) is 6.76. The number of carbonyl (C=O) groups is 1. The molecule has 1 unspecified atom stereocenters. The molecule has 124 valence electrons. The fraction of sp³-hybridized carbons (Fsp3) is 0.650. The van der Waals surface area contributed by atoms with Crippen LogP contribution in [0.2, 0.25) is 0 Å². The van der Waals surface area contributed by atoms with Crippen LogP contribution < -0.4 is 0 Å². The highest BCUT2D eigenvalue weighted by atomic mass is 16.5. The molecule has 1 rings (SSSR count). The summed E-state index contributed by atoms with van der Waals surface area (Å²) in [6, 6.07) is 0. The van der Waals surface area contributed by atoms with E-state index in [2.05, 4.69) is 33.8 Å². The topological polar surface area (TPSA) is 26.3 Å². The average molecular weight is 304 g/mol. The number of rotatable bonds is 7. The van der Waals surface area contributed by atoms with Crippen LogP contribution in [0.1, 0.15) is 73.1 Å². The fourth-order valence-electron chi connectivity index (χ4n) is 2.80. The predicted octanol–water partition coefficient (Wildman–Crippen LogP) is 5.75. The van der Waals surface area contributed by atoms with E-state index >= 15 is 0 Å². The van der Waals surface area contributed by atoms with Gasteiger partial charge in [0.25, 0.3) is 0 Å². The van der Waals surface area contributed by atoms with Crippen LogP contribution in [0.25, 0.3) is 0 Å². The van der Waals surface area contributed by atoms with E-state index in [1.807, 2.05) is 6.92 Å². The molecule has 1 aliphatic carbocycles. The zero-order valence-electron chi connectivity index (χ0n) is 15.0. The van der Waals surface area contributed by atoms with Crippen molar-refractivity contribution < 1.29 is 9.53 Å². The molecule has 22 heavy (non-hydrogen) atoms. The van der Waals surface area contributed by atoms with Crippen molar-refractivity contribution in [3.63, 3.8) is 0 Å². The van der Waals surface area contributed by atoms with Crippen molar-refractivity contribution in [3.05, 3.63) is 34.4 Å². The zero-order valence-corrected chi connectivity index (χ0v) is 15.0. The van der Waals surface area contributed by atoms with Gasteiger partial charge in [0.1, 0.15) is 0 Å². The zero-order chi connectivity index (χ0) is 16.5. The van der Waals surface area contributed by atoms with Gasteiger partial charge in [0.05, 0.1) is 6.61 Å². The lowest BCUT2D eigenvalue weighted by molar-refractivity contribution is -0.137. The van der Waals surface area contributed by atoms with E-state index in [1.165, 1.54) is 36.0 Å². The van der Waals surface area contributed by atoms with Gasteiger partial charge in [-0.1, -0.05) is 29.7 Å². The Labute approximate surface area is 136 Å². The molecule has 0 fully saturated rings. The summed E-state index contributed by atoms with van der Waals surface area (Å²) in [4.78, 5) is 11.5. The standard InChI is InChI=1S/C20H32O2/c1-6-22-20(21)14-19-9-7-8-18(13-19)12-16(4)10-11-17(5)15(2)3/h13-14,16H,6-12H2,1-5H3/b19-14+. The normalized spacial score (nSPS) is 17.9. The first kappa shape index (κ1) is 18.7. The largest absolute Gasteiger partial charge is 0.463 e. The summed E-state index contributed by atoms with van der Waals surface area (Å²) >= 11 is 0. The molecular weight excluding hydrogens is 272 g/mol. The third kappa shape index (κ3) is 7.11. The number of ether oxygens (including phenoxy) is 1. The van der Waals surface area contributed by atoms with Crippen molar-refractivity contribution in [2.45, 2.75) is 73.1 Å². The smallest absolute Gasteiger partial charge is 0.331 e. The molecule has 0 aromatic rings. The Morgan fingerprint density at radius 1 is 1.32 bits per heavy atom. The maximum atomic E-state index is 11.5. The van der Waals surface area contributed by atoms with Crippen molar-refractivity contribution in [2.75, 3.05) is 6.61 Å². The molecule has 0 aromatic carbocycles. The van der Waals surface area contributed by atoms with Gasteiger partial charge in [0.2, 0.25) is 0 Å². The Hall–Kier alpha value is -1.31. The molecule has 0 saturated heterocycles. The van der Waals surface area contributed by atoms with Crippen LogP contribution >= 0.6 is 0 Å². The first-order valence-corrected chi connectivity index (χ1v) is 8.62. The minimum atomic E-state index is -0.206. The Morgan fingerprint density at radius 2 is 2.05 bits per heavy atom. The first-order chi connectivity index (χ1) is 10.4. The van der Waals surface area contributed by atoms with Crippen molar-refractivity contribution in [3.8, 4) is 0 Å². The van der Waals surface area contributed by atoms with Gasteiger partial charge < -0.3 is 4.74 Å². The summed E-state index contributed by atoms with van der Waals surface area (Å²) < 4.78 is 5.00. The number of allylic oxidation sites excluding steroid dienone is 5. The van der Waals surface area contributed by atoms with Crippen LogP contribution in [0.5, 0.6) is 0 Å². The van der Waals surface area contributed by atoms with Gasteiger partial charge >= 0.3 is 5.97 Å². The maximum Gasteiger partial charge on any atom is 0.331 e. The molecular formula is C20H32O2. The lowest BCUT2D eigenvalue weighted by Gasteiger charge is -2.19. The van der Waals surface area contributed by atoms with E-state index in [1.54, 1.807) is 6.08 Å². The van der Waals surface area contributed by atoms with Gasteiger partial charge in [-0.25, -0.2) is 4.79 Å². The highest BCUT2D eigenvalue weighted by molar-refractivity contribution is 5.83. The highest BCUT2D eigenvalue weighted by Crippen LogP contribution is 2.29. The summed E-state index contributed by atoms with van der Waals surface area (Å²) in [6.45, 7) is 11.2. The fourth-order valence-corrected chi connectivity index (χ4v) is 2.80. The lowest BCUT2D eigenvalue weighted by atomic mass is 9.87. The quantitative estimate of drug-likeness (QED) is 0.340. The maximum absolute atomic E-state index is 11.5. The van der Waals surface area contributed by atoms with Gasteiger partial charge in [-0.3, -0.25) is 0 Å². The van der Waals surface area contributed by atoms with Gasteiger partial charge in [-0.2, -0.15) is 0 Å². The molecule has 0 spiro atoms. The van der Waals surface area contributed by atoms with Gasteiger partial charge in [0, 0.05) is 6.08 Å². The molecule has 0 aromatic heterocycles. The number of esters is 1. The average Bonchev–Trinajstić information content (AvgIpc) is 2.45. The molecule has 0 aliphatic heterocycles. The van der Waals surface area contributed by atoms with Crippen LogP contribution in [0.15, 0.2) is 34.4 Å². The molecule has 0 bridgehead atoms. The minimum Gasteiger partial charge on any atom is -0.463 e. The third-order valence-electron chi connectivity index (χ3n) is 4.42. The van der Waals surface area contributed by atoms with E-state index in [-0.39, 0.29) is 5.97 Å². The first-order valence-electron chi connectivity index (χ1n) is 8.62. The van der Waals surface area contributed by atoms with E-state index in [0.29, 0.717) is 12.5 Å². The van der Waals surface area contributed by atoms with Gasteiger partial charge in [0.15, 0.2) is 0 Å². The van der Waals surface area contributed by atoms with E-state index in [4.69, 9.17) is 4.74 Å². The second-order valence-electron chi connectivity index (χ2n) is 6.76. The monoisotopic (exact) mass is 304 g/mol. The third-order valence-corrected chi connectivity index (χ3v) is 4.42. The summed E-state index contributed by atoms with van der Waals surface area (Å²) in [5, 5.41) is 0. The molecule has 0 N–H and O–H groups in total.